The number of quaternary nitrogens is 1. The van der Waals surface area contributed by atoms with E-state index >= 15 is 0 Å². The number of likely N-dealkylation sites (N-methyl/N-ethyl adjacent to an activating group) is 1. The zero-order chi connectivity index (χ0) is 27.4. The van der Waals surface area contributed by atoms with Crippen LogP contribution in [0.3, 0.4) is 0 Å². The van der Waals surface area contributed by atoms with Gasteiger partial charge in [0.1, 0.15) is 12.6 Å². The van der Waals surface area contributed by atoms with Crippen LogP contribution in [0.15, 0.2) is 0 Å². The number of hydrogen-bond donors (Lipinski definition) is 4. The Morgan fingerprint density at radius 2 is 1.44 bits per heavy atom. The molecule has 0 aliphatic carbocycles. The molecule has 0 aromatic heterocycles. The van der Waals surface area contributed by atoms with Gasteiger partial charge in [-0.15, -0.1) is 0 Å². The molecule has 2 atom stereocenters. The summed E-state index contributed by atoms with van der Waals surface area (Å²) in [7, 11) is -8.83. The molecule has 10 nitrogen and oxygen atoms in total. The Labute approximate surface area is 192 Å². The number of hydrogen-bond acceptors (Lipinski definition) is 7. The largest absolute Gasteiger partial charge is 0.461 e. The van der Waals surface area contributed by atoms with Crippen LogP contribution in [0.25, 0.3) is 0 Å². The number of aliphatic hydroxyl groups is 3. The zero-order valence-corrected chi connectivity index (χ0v) is 19.7. The summed E-state index contributed by atoms with van der Waals surface area (Å²) < 4.78 is 147. The fourth-order valence-electron chi connectivity index (χ4n) is 2.92. The maximum atomic E-state index is 14.2. The molecule has 0 aliphatic rings. The van der Waals surface area contributed by atoms with Gasteiger partial charge in [-0.2, -0.15) is 43.5 Å². The highest BCUT2D eigenvalue weighted by Crippen LogP contribution is 2.50. The molecular formula is C15H28F7N2O8S2+. The van der Waals surface area contributed by atoms with Crippen molar-refractivity contribution in [1.29, 1.82) is 0 Å². The number of aliphatic hydroxyl groups excluding tert-OH is 3. The molecule has 4 N–H and O–H groups in total. The van der Waals surface area contributed by atoms with Gasteiger partial charge in [-0.1, -0.05) is 0 Å². The van der Waals surface area contributed by atoms with Gasteiger partial charge in [0.25, 0.3) is 20.1 Å². The predicted molar refractivity (Wildman–Crippen MR) is 103 cm³/mol. The van der Waals surface area contributed by atoms with Crippen molar-refractivity contribution in [3.8, 4) is 0 Å². The van der Waals surface area contributed by atoms with Gasteiger partial charge >= 0.3 is 17.4 Å². The van der Waals surface area contributed by atoms with Gasteiger partial charge in [-0.25, -0.2) is 8.42 Å². The summed E-state index contributed by atoms with van der Waals surface area (Å²) in [5.41, 5.74) is 0. The third kappa shape index (κ3) is 8.38. The Morgan fingerprint density at radius 1 is 0.941 bits per heavy atom. The average Bonchev–Trinajstić information content (AvgIpc) is 2.64. The Bertz CT molecular complexity index is 866. The SMILES string of the molecule is C[N+](C)(CCC(CO)N(CCCS(=O)(=O)O)S(=O)(=O)C(F)(F)C(F)(F)C(F)(F)F)CC(O)CO. The maximum Gasteiger partial charge on any atom is 0.461 e. The molecule has 206 valence electrons. The van der Waals surface area contributed by atoms with Gasteiger partial charge in [0.05, 0.1) is 45.6 Å². The second-order valence-corrected chi connectivity index (χ2v) is 11.7. The van der Waals surface area contributed by atoms with Crippen LogP contribution in [0.4, 0.5) is 30.7 Å². The van der Waals surface area contributed by atoms with Crippen LogP contribution in [0.1, 0.15) is 12.8 Å². The molecule has 0 amide bonds. The van der Waals surface area contributed by atoms with Crippen molar-refractivity contribution in [2.75, 3.05) is 52.7 Å². The quantitative estimate of drug-likeness (QED) is 0.123. The van der Waals surface area contributed by atoms with E-state index in [0.29, 0.717) is 0 Å². The van der Waals surface area contributed by atoms with E-state index in [1.54, 1.807) is 0 Å². The lowest BCUT2D eigenvalue weighted by Gasteiger charge is -2.37. The summed E-state index contributed by atoms with van der Waals surface area (Å²) in [4.78, 5) is 0. The minimum atomic E-state index is -7.04. The van der Waals surface area contributed by atoms with Crippen molar-refractivity contribution in [3.63, 3.8) is 0 Å². The molecule has 34 heavy (non-hydrogen) atoms. The van der Waals surface area contributed by atoms with E-state index < -0.39 is 92.3 Å². The second-order valence-electron chi connectivity index (χ2n) is 8.15. The van der Waals surface area contributed by atoms with Crippen LogP contribution < -0.4 is 0 Å². The number of sulfonamides is 1. The first-order valence-corrected chi connectivity index (χ1v) is 12.5. The maximum absolute atomic E-state index is 14.2. The highest BCUT2D eigenvalue weighted by molar-refractivity contribution is 7.90. The molecule has 0 rings (SSSR count). The van der Waals surface area contributed by atoms with Crippen molar-refractivity contribution < 1.29 is 71.9 Å². The van der Waals surface area contributed by atoms with E-state index in [1.165, 1.54) is 14.1 Å². The first-order valence-electron chi connectivity index (χ1n) is 9.47. The molecule has 0 heterocycles. The molecule has 0 spiro atoms. The van der Waals surface area contributed by atoms with Crippen molar-refractivity contribution in [2.24, 2.45) is 0 Å². The normalized spacial score (nSPS) is 16.6. The Balaban J connectivity index is 6.23. The molecular weight excluding hydrogens is 533 g/mol. The topological polar surface area (TPSA) is 152 Å². The smallest absolute Gasteiger partial charge is 0.395 e. The number of halogens is 7. The third-order valence-corrected chi connectivity index (χ3v) is 7.54. The molecule has 0 bridgehead atoms. The first kappa shape index (κ1) is 33.2. The van der Waals surface area contributed by atoms with Crippen molar-refractivity contribution >= 4 is 20.1 Å². The van der Waals surface area contributed by atoms with Gasteiger partial charge in [0.15, 0.2) is 0 Å². The fraction of sp³-hybridized carbons (Fsp3) is 1.00. The van der Waals surface area contributed by atoms with Crippen LogP contribution in [0, 0.1) is 0 Å². The predicted octanol–water partition coefficient (Wildman–Crippen LogP) is -0.133. The Kier molecular flexibility index (Phi) is 11.2. The molecule has 2 unspecified atom stereocenters. The molecule has 0 radical (unpaired) electrons. The lowest BCUT2D eigenvalue weighted by Crippen LogP contribution is -2.62. The average molecular weight is 562 g/mol. The third-order valence-electron chi connectivity index (χ3n) is 4.74. The van der Waals surface area contributed by atoms with Gasteiger partial charge in [0, 0.05) is 13.0 Å². The lowest BCUT2D eigenvalue weighted by molar-refractivity contribution is -0.893. The molecule has 0 saturated heterocycles. The lowest BCUT2D eigenvalue weighted by atomic mass is 10.2. The number of alkyl halides is 7. The van der Waals surface area contributed by atoms with E-state index in [4.69, 9.17) is 9.66 Å². The Hall–Kier alpha value is -0.830. The zero-order valence-electron chi connectivity index (χ0n) is 18.1. The summed E-state index contributed by atoms with van der Waals surface area (Å²) in [5, 5.41) is 21.2. The van der Waals surface area contributed by atoms with E-state index in [-0.39, 0.29) is 17.6 Å². The van der Waals surface area contributed by atoms with E-state index in [0.717, 1.165) is 0 Å². The van der Waals surface area contributed by atoms with E-state index in [2.05, 4.69) is 0 Å². The standard InChI is InChI=1S/C15H27F7N2O8S2/c1-24(2,8-12(27)10-26)6-4-11(9-25)23(5-3-7-33(28,29)30)34(31,32)15(21,22)13(16,17)14(18,19)20/h11-12,25-27H,3-10H2,1-2H3/p+1. The summed E-state index contributed by atoms with van der Waals surface area (Å²) in [6.45, 7) is -3.80. The summed E-state index contributed by atoms with van der Waals surface area (Å²) >= 11 is 0. The monoisotopic (exact) mass is 561 g/mol. The summed E-state index contributed by atoms with van der Waals surface area (Å²) in [6, 6.07) is -2.01. The van der Waals surface area contributed by atoms with Gasteiger partial charge in [0.2, 0.25) is 0 Å². The van der Waals surface area contributed by atoms with Crippen molar-refractivity contribution in [1.82, 2.24) is 4.31 Å². The summed E-state index contributed by atoms with van der Waals surface area (Å²) in [6.07, 6.45) is -9.84. The molecule has 0 saturated carbocycles. The van der Waals surface area contributed by atoms with Crippen LogP contribution >= 0.6 is 0 Å². The Morgan fingerprint density at radius 3 is 1.82 bits per heavy atom. The molecule has 0 fully saturated rings. The first-order chi connectivity index (χ1) is 15.0. The van der Waals surface area contributed by atoms with Crippen LogP contribution in [0.5, 0.6) is 0 Å². The minimum absolute atomic E-state index is 0.174. The van der Waals surface area contributed by atoms with Crippen LogP contribution in [-0.4, -0.2) is 128 Å². The second kappa shape index (κ2) is 11.5. The summed E-state index contributed by atoms with van der Waals surface area (Å²) in [5.74, 6) is -8.29. The number of nitrogens with zero attached hydrogens (tertiary/aromatic N) is 2. The van der Waals surface area contributed by atoms with E-state index in [1.807, 2.05) is 0 Å². The minimum Gasteiger partial charge on any atom is -0.395 e. The number of rotatable bonds is 15. The van der Waals surface area contributed by atoms with Gasteiger partial charge in [-0.05, 0) is 6.42 Å². The van der Waals surface area contributed by atoms with Gasteiger partial charge < -0.3 is 19.8 Å². The van der Waals surface area contributed by atoms with Gasteiger partial charge in [-0.3, -0.25) is 4.55 Å². The van der Waals surface area contributed by atoms with Crippen LogP contribution in [0.2, 0.25) is 0 Å². The molecule has 19 heteroatoms. The van der Waals surface area contributed by atoms with E-state index in [9.17, 15) is 57.8 Å². The molecule has 0 aromatic carbocycles. The van der Waals surface area contributed by atoms with Crippen molar-refractivity contribution in [2.45, 2.75) is 42.3 Å². The fourth-order valence-corrected chi connectivity index (χ4v) is 5.08. The molecule has 0 aliphatic heterocycles. The van der Waals surface area contributed by atoms with Crippen LogP contribution in [-0.2, 0) is 20.1 Å². The molecule has 0 aromatic rings. The highest BCUT2D eigenvalue weighted by atomic mass is 32.2. The highest BCUT2D eigenvalue weighted by Gasteiger charge is 2.79. The van der Waals surface area contributed by atoms with Crippen molar-refractivity contribution in [3.05, 3.63) is 0 Å².